The van der Waals surface area contributed by atoms with Crippen LogP contribution in [-0.4, -0.2) is 56.2 Å². The summed E-state index contributed by atoms with van der Waals surface area (Å²) in [7, 11) is 8.31. The molecule has 0 spiro atoms. The first-order valence-electron chi connectivity index (χ1n) is 8.20. The maximum atomic E-state index is 9.67. The summed E-state index contributed by atoms with van der Waals surface area (Å²) in [4.78, 5) is 4.32. The normalized spacial score (nSPS) is 12.6. The Balaban J connectivity index is 3.22. The lowest BCUT2D eigenvalue weighted by molar-refractivity contribution is 0.367. The molecule has 0 saturated heterocycles. The second-order valence-electron chi connectivity index (χ2n) is 6.34. The van der Waals surface area contributed by atoms with Crippen molar-refractivity contribution in [3.63, 3.8) is 0 Å². The largest absolute Gasteiger partial charge is 0.513 e. The zero-order chi connectivity index (χ0) is 15.2. The fourth-order valence-electron chi connectivity index (χ4n) is 2.18. The van der Waals surface area contributed by atoms with Gasteiger partial charge in [-0.25, -0.2) is 0 Å². The minimum absolute atomic E-state index is 0.558. The number of likely N-dealkylation sites (N-methyl/N-ethyl adjacent to an activating group) is 1. The minimum atomic E-state index is 0.558. The fourth-order valence-corrected chi connectivity index (χ4v) is 2.18. The molecule has 0 amide bonds. The van der Waals surface area contributed by atoms with Crippen LogP contribution in [0.25, 0.3) is 0 Å². The molecule has 0 aliphatic carbocycles. The van der Waals surface area contributed by atoms with Gasteiger partial charge in [-0.3, -0.25) is 0 Å². The molecule has 0 aromatic rings. The highest BCUT2D eigenvalue weighted by Crippen LogP contribution is 2.11. The van der Waals surface area contributed by atoms with Crippen LogP contribution in [0, 0.1) is 0 Å². The number of allylic oxidation sites excluding steroid dienone is 1. The average molecular weight is 284 g/mol. The molecule has 20 heavy (non-hydrogen) atoms. The molecule has 0 aliphatic heterocycles. The van der Waals surface area contributed by atoms with Crippen LogP contribution in [0.3, 0.4) is 0 Å². The molecule has 0 saturated carbocycles. The Morgan fingerprint density at radius 2 is 1.25 bits per heavy atom. The first-order valence-corrected chi connectivity index (χ1v) is 8.20. The molecule has 0 aromatic heterocycles. The molecule has 0 aromatic carbocycles. The van der Waals surface area contributed by atoms with Crippen LogP contribution in [0.1, 0.15) is 57.8 Å². The van der Waals surface area contributed by atoms with Crippen molar-refractivity contribution in [3.8, 4) is 0 Å². The van der Waals surface area contributed by atoms with E-state index in [2.05, 4.69) is 23.9 Å². The van der Waals surface area contributed by atoms with Gasteiger partial charge in [0.05, 0.1) is 5.76 Å². The summed E-state index contributed by atoms with van der Waals surface area (Å²) in [5.74, 6) is 0.558. The average Bonchev–Trinajstić information content (AvgIpc) is 2.38. The van der Waals surface area contributed by atoms with E-state index >= 15 is 0 Å². The van der Waals surface area contributed by atoms with Gasteiger partial charge in [0.15, 0.2) is 0 Å². The number of rotatable bonds is 13. The molecule has 0 unspecified atom stereocenters. The topological polar surface area (TPSA) is 26.7 Å². The maximum absolute atomic E-state index is 9.67. The fraction of sp³-hybridized carbons (Fsp3) is 0.882. The van der Waals surface area contributed by atoms with Crippen LogP contribution in [0.2, 0.25) is 0 Å². The molecule has 1 N–H and O–H groups in total. The van der Waals surface area contributed by atoms with Gasteiger partial charge in [0, 0.05) is 13.0 Å². The Kier molecular flexibility index (Phi) is 13.1. The number of nitrogens with zero attached hydrogens (tertiary/aromatic N) is 2. The monoisotopic (exact) mass is 284 g/mol. The minimum Gasteiger partial charge on any atom is -0.513 e. The van der Waals surface area contributed by atoms with E-state index in [1.54, 1.807) is 0 Å². The molecule has 0 fully saturated rings. The van der Waals surface area contributed by atoms with E-state index in [0.717, 1.165) is 19.4 Å². The molecule has 0 aliphatic rings. The molecular formula is C17H36N2O. The van der Waals surface area contributed by atoms with Crippen molar-refractivity contribution in [2.75, 3.05) is 41.3 Å². The highest BCUT2D eigenvalue weighted by molar-refractivity contribution is 4.92. The first kappa shape index (κ1) is 19.5. The van der Waals surface area contributed by atoms with Crippen molar-refractivity contribution < 1.29 is 5.11 Å². The predicted octanol–water partition coefficient (Wildman–Crippen LogP) is 4.06. The third kappa shape index (κ3) is 15.5. The Hall–Kier alpha value is -0.540. The van der Waals surface area contributed by atoms with Gasteiger partial charge >= 0.3 is 0 Å². The molecule has 0 radical (unpaired) electrons. The van der Waals surface area contributed by atoms with Crippen LogP contribution < -0.4 is 0 Å². The van der Waals surface area contributed by atoms with Crippen molar-refractivity contribution in [3.05, 3.63) is 11.8 Å². The Labute approximate surface area is 126 Å². The first-order chi connectivity index (χ1) is 9.52. The molecule has 0 atom stereocenters. The maximum Gasteiger partial charge on any atom is 0.0895 e. The lowest BCUT2D eigenvalue weighted by Crippen LogP contribution is -2.12. The van der Waals surface area contributed by atoms with E-state index in [0.29, 0.717) is 5.76 Å². The Morgan fingerprint density at radius 3 is 1.75 bits per heavy atom. The molecule has 0 bridgehead atoms. The predicted molar refractivity (Wildman–Crippen MR) is 89.4 cm³/mol. The molecule has 0 heterocycles. The van der Waals surface area contributed by atoms with E-state index in [4.69, 9.17) is 0 Å². The molecule has 3 nitrogen and oxygen atoms in total. The van der Waals surface area contributed by atoms with Crippen molar-refractivity contribution in [2.45, 2.75) is 57.8 Å². The SMILES string of the molecule is CN(C)CC=C(O)CCCCCCCCCCN(C)C. The summed E-state index contributed by atoms with van der Waals surface area (Å²) >= 11 is 0. The summed E-state index contributed by atoms with van der Waals surface area (Å²) in [5, 5.41) is 9.67. The summed E-state index contributed by atoms with van der Waals surface area (Å²) in [6.07, 6.45) is 13.2. The Bertz CT molecular complexity index is 237. The van der Waals surface area contributed by atoms with Crippen molar-refractivity contribution >= 4 is 0 Å². The number of hydrogen-bond donors (Lipinski definition) is 1. The van der Waals surface area contributed by atoms with E-state index in [-0.39, 0.29) is 0 Å². The Morgan fingerprint density at radius 1 is 0.750 bits per heavy atom. The highest BCUT2D eigenvalue weighted by atomic mass is 16.3. The smallest absolute Gasteiger partial charge is 0.0895 e. The second kappa shape index (κ2) is 13.4. The van der Waals surface area contributed by atoms with Crippen molar-refractivity contribution in [1.29, 1.82) is 0 Å². The van der Waals surface area contributed by atoms with Crippen molar-refractivity contribution in [1.82, 2.24) is 9.80 Å². The molecular weight excluding hydrogens is 248 g/mol. The lowest BCUT2D eigenvalue weighted by Gasteiger charge is -2.08. The third-order valence-electron chi connectivity index (χ3n) is 3.48. The van der Waals surface area contributed by atoms with E-state index in [9.17, 15) is 5.11 Å². The highest BCUT2D eigenvalue weighted by Gasteiger charge is 1.96. The number of aliphatic hydroxyl groups is 1. The summed E-state index contributed by atoms with van der Waals surface area (Å²) in [6, 6.07) is 0. The third-order valence-corrected chi connectivity index (χ3v) is 3.48. The van der Waals surface area contributed by atoms with Crippen LogP contribution in [0.5, 0.6) is 0 Å². The van der Waals surface area contributed by atoms with Crippen LogP contribution in [-0.2, 0) is 0 Å². The molecule has 120 valence electrons. The van der Waals surface area contributed by atoms with E-state index in [1.807, 2.05) is 20.2 Å². The van der Waals surface area contributed by atoms with Gasteiger partial charge in [-0.1, -0.05) is 38.5 Å². The van der Waals surface area contributed by atoms with Gasteiger partial charge in [0.2, 0.25) is 0 Å². The molecule has 0 rings (SSSR count). The van der Waals surface area contributed by atoms with Crippen LogP contribution in [0.4, 0.5) is 0 Å². The number of hydrogen-bond acceptors (Lipinski definition) is 3. The lowest BCUT2D eigenvalue weighted by atomic mass is 10.1. The van der Waals surface area contributed by atoms with Gasteiger partial charge in [0.1, 0.15) is 0 Å². The van der Waals surface area contributed by atoms with Gasteiger partial charge in [-0.15, -0.1) is 0 Å². The summed E-state index contributed by atoms with van der Waals surface area (Å²) in [5.41, 5.74) is 0. The van der Waals surface area contributed by atoms with Gasteiger partial charge in [-0.2, -0.15) is 0 Å². The standard InChI is InChI=1S/C17H36N2O/c1-18(2)15-12-10-8-6-5-7-9-11-13-17(20)14-16-19(3)4/h14,20H,5-13,15-16H2,1-4H3. The zero-order valence-corrected chi connectivity index (χ0v) is 14.2. The summed E-state index contributed by atoms with van der Waals surface area (Å²) < 4.78 is 0. The second-order valence-corrected chi connectivity index (χ2v) is 6.34. The van der Waals surface area contributed by atoms with Crippen LogP contribution >= 0.6 is 0 Å². The number of unbranched alkanes of at least 4 members (excludes halogenated alkanes) is 7. The zero-order valence-electron chi connectivity index (χ0n) is 14.2. The number of aliphatic hydroxyl groups excluding tert-OH is 1. The van der Waals surface area contributed by atoms with E-state index < -0.39 is 0 Å². The van der Waals surface area contributed by atoms with Gasteiger partial charge in [0.25, 0.3) is 0 Å². The summed E-state index contributed by atoms with van der Waals surface area (Å²) in [6.45, 7) is 2.05. The van der Waals surface area contributed by atoms with Gasteiger partial charge < -0.3 is 14.9 Å². The van der Waals surface area contributed by atoms with E-state index in [1.165, 1.54) is 51.5 Å². The van der Waals surface area contributed by atoms with Crippen molar-refractivity contribution in [2.24, 2.45) is 0 Å². The quantitative estimate of drug-likeness (QED) is 0.408. The van der Waals surface area contributed by atoms with Crippen LogP contribution in [0.15, 0.2) is 11.8 Å². The molecule has 3 heteroatoms. The van der Waals surface area contributed by atoms with Gasteiger partial charge in [-0.05, 0) is 53.7 Å².